The maximum Gasteiger partial charge on any atom is 0.256 e. The molecular formula is C25H21BrN6O2. The second kappa shape index (κ2) is 9.11. The van der Waals surface area contributed by atoms with E-state index >= 15 is 0 Å². The van der Waals surface area contributed by atoms with Gasteiger partial charge < -0.3 is 10.1 Å². The maximum absolute atomic E-state index is 13.3. The molecule has 5 rings (SSSR count). The molecule has 0 aliphatic rings. The summed E-state index contributed by atoms with van der Waals surface area (Å²) in [4.78, 5) is 18.1. The number of nitrogens with zero attached hydrogens (tertiary/aromatic N) is 5. The first kappa shape index (κ1) is 21.8. The highest BCUT2D eigenvalue weighted by Gasteiger charge is 2.17. The number of aromatic nitrogens is 5. The normalized spacial score (nSPS) is 11.0. The highest BCUT2D eigenvalue weighted by molar-refractivity contribution is 9.10. The zero-order chi connectivity index (χ0) is 23.7. The first-order valence-electron chi connectivity index (χ1n) is 10.6. The molecule has 5 aromatic rings. The van der Waals surface area contributed by atoms with Crippen LogP contribution in [0.15, 0.2) is 77.7 Å². The summed E-state index contributed by atoms with van der Waals surface area (Å²) in [5.74, 6) is 0.487. The number of nitrogens with one attached hydrogen (secondary N) is 1. The van der Waals surface area contributed by atoms with Crippen molar-refractivity contribution in [3.63, 3.8) is 0 Å². The van der Waals surface area contributed by atoms with E-state index in [-0.39, 0.29) is 12.6 Å². The molecule has 0 spiro atoms. The van der Waals surface area contributed by atoms with Gasteiger partial charge in [-0.25, -0.2) is 9.67 Å². The minimum absolute atomic E-state index is 0.222. The van der Waals surface area contributed by atoms with Crippen LogP contribution in [-0.2, 0) is 13.8 Å². The second-order valence-corrected chi connectivity index (χ2v) is 8.71. The van der Waals surface area contributed by atoms with Crippen molar-refractivity contribution >= 4 is 38.4 Å². The number of benzene rings is 2. The maximum atomic E-state index is 13.3. The van der Waals surface area contributed by atoms with Crippen molar-refractivity contribution in [2.45, 2.75) is 13.7 Å². The van der Waals surface area contributed by atoms with E-state index < -0.39 is 0 Å². The van der Waals surface area contributed by atoms with Crippen molar-refractivity contribution < 1.29 is 9.53 Å². The van der Waals surface area contributed by atoms with Gasteiger partial charge in [-0.1, -0.05) is 34.1 Å². The third-order valence-corrected chi connectivity index (χ3v) is 6.07. The smallest absolute Gasteiger partial charge is 0.256 e. The molecule has 3 aromatic heterocycles. The third-order valence-electron chi connectivity index (χ3n) is 5.54. The Morgan fingerprint density at radius 1 is 1.09 bits per heavy atom. The Labute approximate surface area is 204 Å². The van der Waals surface area contributed by atoms with Gasteiger partial charge in [-0.05, 0) is 43.3 Å². The summed E-state index contributed by atoms with van der Waals surface area (Å²) in [5.41, 5.74) is 4.41. The first-order valence-corrected chi connectivity index (χ1v) is 11.4. The summed E-state index contributed by atoms with van der Waals surface area (Å²) in [7, 11) is 1.88. The van der Waals surface area contributed by atoms with Gasteiger partial charge in [-0.15, -0.1) is 0 Å². The van der Waals surface area contributed by atoms with Gasteiger partial charge in [0.15, 0.2) is 6.73 Å². The van der Waals surface area contributed by atoms with Crippen LogP contribution in [0.4, 0.5) is 5.69 Å². The number of amides is 1. The number of fused-ring (bicyclic) bond motifs is 1. The number of hydrogen-bond acceptors (Lipinski definition) is 5. The minimum atomic E-state index is -0.241. The number of para-hydroxylation sites is 1. The average Bonchev–Trinajstić information content (AvgIpc) is 3.43. The minimum Gasteiger partial charge on any atom is -0.471 e. The lowest BCUT2D eigenvalue weighted by atomic mass is 10.0. The van der Waals surface area contributed by atoms with E-state index in [0.29, 0.717) is 16.9 Å². The van der Waals surface area contributed by atoms with Crippen LogP contribution in [0.25, 0.3) is 22.2 Å². The van der Waals surface area contributed by atoms with Gasteiger partial charge in [0, 0.05) is 28.2 Å². The van der Waals surface area contributed by atoms with Gasteiger partial charge in [0.25, 0.3) is 5.91 Å². The van der Waals surface area contributed by atoms with Crippen molar-refractivity contribution in [2.24, 2.45) is 7.05 Å². The van der Waals surface area contributed by atoms with Crippen molar-refractivity contribution in [2.75, 3.05) is 5.32 Å². The summed E-state index contributed by atoms with van der Waals surface area (Å²) in [6.45, 7) is 2.20. The zero-order valence-corrected chi connectivity index (χ0v) is 20.2. The van der Waals surface area contributed by atoms with Gasteiger partial charge in [0.2, 0.25) is 0 Å². The molecule has 1 N–H and O–H groups in total. The van der Waals surface area contributed by atoms with E-state index in [1.54, 1.807) is 28.0 Å². The van der Waals surface area contributed by atoms with E-state index in [1.807, 2.05) is 68.6 Å². The van der Waals surface area contributed by atoms with Crippen molar-refractivity contribution in [1.82, 2.24) is 24.5 Å². The molecule has 9 heteroatoms. The number of carbonyl (C=O) groups is 1. The Bertz CT molecular complexity index is 1490. The molecule has 0 saturated heterocycles. The van der Waals surface area contributed by atoms with Gasteiger partial charge in [0.05, 0.1) is 41.1 Å². The Balaban J connectivity index is 1.38. The number of ether oxygens (including phenoxy) is 1. The Morgan fingerprint density at radius 2 is 1.88 bits per heavy atom. The monoisotopic (exact) mass is 516 g/mol. The molecule has 0 aliphatic carbocycles. The summed E-state index contributed by atoms with van der Waals surface area (Å²) in [5, 5.41) is 12.3. The SMILES string of the molecule is Cc1c(-c2cc(C(=O)Nc3cnn(COc4ccc(Br)cc4)c3)c3ccccc3n2)cnn1C. The molecule has 170 valence electrons. The van der Waals surface area contributed by atoms with Crippen LogP contribution >= 0.6 is 15.9 Å². The van der Waals surface area contributed by atoms with E-state index in [9.17, 15) is 4.79 Å². The summed E-state index contributed by atoms with van der Waals surface area (Å²) >= 11 is 3.40. The first-order chi connectivity index (χ1) is 16.5. The number of carbonyl (C=O) groups excluding carboxylic acids is 1. The van der Waals surface area contributed by atoms with Crippen LogP contribution in [0.1, 0.15) is 16.1 Å². The fourth-order valence-electron chi connectivity index (χ4n) is 3.62. The zero-order valence-electron chi connectivity index (χ0n) is 18.6. The fourth-order valence-corrected chi connectivity index (χ4v) is 3.88. The van der Waals surface area contributed by atoms with Crippen molar-refractivity contribution in [3.05, 3.63) is 88.9 Å². The fraction of sp³-hybridized carbons (Fsp3) is 0.120. The van der Waals surface area contributed by atoms with E-state index in [1.165, 1.54) is 0 Å². The molecule has 0 saturated carbocycles. The number of rotatable bonds is 6. The molecular weight excluding hydrogens is 496 g/mol. The molecule has 0 unspecified atom stereocenters. The molecule has 3 heterocycles. The molecule has 0 bridgehead atoms. The third kappa shape index (κ3) is 4.42. The summed E-state index contributed by atoms with van der Waals surface area (Å²) in [6, 6.07) is 17.0. The molecule has 34 heavy (non-hydrogen) atoms. The van der Waals surface area contributed by atoms with Crippen LogP contribution in [0.2, 0.25) is 0 Å². The van der Waals surface area contributed by atoms with Crippen LogP contribution in [0.5, 0.6) is 5.75 Å². The standard InChI is InChI=1S/C25H21BrN6O2/c1-16-22(13-27-31(16)2)24-11-21(20-5-3-4-6-23(20)30-24)25(33)29-18-12-28-32(14-18)15-34-19-9-7-17(26)8-10-19/h3-14H,15H2,1-2H3,(H,29,33). The highest BCUT2D eigenvalue weighted by Crippen LogP contribution is 2.27. The van der Waals surface area contributed by atoms with Gasteiger partial charge in [-0.2, -0.15) is 10.2 Å². The van der Waals surface area contributed by atoms with Crippen LogP contribution in [0.3, 0.4) is 0 Å². The van der Waals surface area contributed by atoms with Gasteiger partial charge in [0.1, 0.15) is 5.75 Å². The lowest BCUT2D eigenvalue weighted by molar-refractivity contribution is 0.102. The Morgan fingerprint density at radius 3 is 2.65 bits per heavy atom. The average molecular weight is 517 g/mol. The topological polar surface area (TPSA) is 86.9 Å². The van der Waals surface area contributed by atoms with Crippen LogP contribution < -0.4 is 10.1 Å². The van der Waals surface area contributed by atoms with Crippen molar-refractivity contribution in [1.29, 1.82) is 0 Å². The van der Waals surface area contributed by atoms with E-state index in [0.717, 1.165) is 32.4 Å². The van der Waals surface area contributed by atoms with Crippen molar-refractivity contribution in [3.8, 4) is 17.0 Å². The van der Waals surface area contributed by atoms with E-state index in [2.05, 4.69) is 31.4 Å². The summed E-state index contributed by atoms with van der Waals surface area (Å²) in [6.07, 6.45) is 5.09. The lowest BCUT2D eigenvalue weighted by Crippen LogP contribution is -2.13. The molecule has 1 amide bonds. The van der Waals surface area contributed by atoms with Gasteiger partial charge in [-0.3, -0.25) is 9.48 Å². The molecule has 0 fully saturated rings. The van der Waals surface area contributed by atoms with Gasteiger partial charge >= 0.3 is 0 Å². The highest BCUT2D eigenvalue weighted by atomic mass is 79.9. The molecule has 0 aliphatic heterocycles. The Hall–Kier alpha value is -3.98. The van der Waals surface area contributed by atoms with Crippen LogP contribution in [0, 0.1) is 6.92 Å². The molecule has 0 radical (unpaired) electrons. The number of anilines is 1. The lowest BCUT2D eigenvalue weighted by Gasteiger charge is -2.10. The number of aryl methyl sites for hydroxylation is 1. The summed E-state index contributed by atoms with van der Waals surface area (Å²) < 4.78 is 10.1. The number of pyridine rings is 1. The molecule has 0 atom stereocenters. The predicted octanol–water partition coefficient (Wildman–Crippen LogP) is 5.19. The number of hydrogen-bond donors (Lipinski definition) is 1. The second-order valence-electron chi connectivity index (χ2n) is 7.79. The largest absolute Gasteiger partial charge is 0.471 e. The quantitative estimate of drug-likeness (QED) is 0.335. The predicted molar refractivity (Wildman–Crippen MR) is 134 cm³/mol. The number of halogens is 1. The van der Waals surface area contributed by atoms with E-state index in [4.69, 9.17) is 9.72 Å². The molecule has 8 nitrogen and oxygen atoms in total. The van der Waals surface area contributed by atoms with Crippen LogP contribution in [-0.4, -0.2) is 30.5 Å². The molecule has 2 aromatic carbocycles. The Kier molecular flexibility index (Phi) is 5.85.